The van der Waals surface area contributed by atoms with Crippen molar-refractivity contribution in [3.05, 3.63) is 65.2 Å². The lowest BCUT2D eigenvalue weighted by Gasteiger charge is -2.64. The molecule has 0 unspecified atom stereocenters. The highest BCUT2D eigenvalue weighted by atomic mass is 16.6. The Balaban J connectivity index is 1.28. The number of benzene rings is 2. The molecule has 39 heavy (non-hydrogen) atoms. The summed E-state index contributed by atoms with van der Waals surface area (Å²) >= 11 is 0. The second-order valence-electron chi connectivity index (χ2n) is 12.2. The van der Waals surface area contributed by atoms with Gasteiger partial charge < -0.3 is 19.5 Å². The van der Waals surface area contributed by atoms with Crippen LogP contribution in [-0.4, -0.2) is 70.7 Å². The number of esters is 1. The molecule has 1 N–H and O–H groups in total. The van der Waals surface area contributed by atoms with Gasteiger partial charge in [0.05, 0.1) is 17.1 Å². The molecule has 2 aliphatic heterocycles. The van der Waals surface area contributed by atoms with Crippen LogP contribution < -0.4 is 9.47 Å². The van der Waals surface area contributed by atoms with Crippen molar-refractivity contribution < 1.29 is 24.2 Å². The molecule has 7 nitrogen and oxygen atoms in total. The Kier molecular flexibility index (Phi) is 5.69. The zero-order valence-corrected chi connectivity index (χ0v) is 22.6. The van der Waals surface area contributed by atoms with Gasteiger partial charge in [0.2, 0.25) is 5.91 Å². The molecule has 2 bridgehead atoms. The summed E-state index contributed by atoms with van der Waals surface area (Å²) in [7, 11) is 1.84. The van der Waals surface area contributed by atoms with Gasteiger partial charge in [-0.05, 0) is 74.3 Å². The molecule has 0 aromatic heterocycles. The number of hydrogen-bond donors (Lipinski definition) is 1. The first-order valence-electron chi connectivity index (χ1n) is 14.3. The zero-order chi connectivity index (χ0) is 26.9. The number of ether oxygens (including phenoxy) is 2. The second-order valence-corrected chi connectivity index (χ2v) is 12.2. The summed E-state index contributed by atoms with van der Waals surface area (Å²) in [6.07, 6.45) is 8.32. The maximum atomic E-state index is 13.4. The normalized spacial score (nSPS) is 32.4. The van der Waals surface area contributed by atoms with E-state index >= 15 is 0 Å². The Labute approximate surface area is 229 Å². The van der Waals surface area contributed by atoms with Gasteiger partial charge in [0.15, 0.2) is 11.5 Å². The van der Waals surface area contributed by atoms with Crippen LogP contribution in [0.15, 0.2) is 48.5 Å². The van der Waals surface area contributed by atoms with Crippen LogP contribution in [0.5, 0.6) is 11.5 Å². The van der Waals surface area contributed by atoms with Crippen LogP contribution in [0.1, 0.15) is 55.7 Å². The number of carbonyl (C=O) groups is 2. The first-order valence-corrected chi connectivity index (χ1v) is 14.3. The maximum absolute atomic E-state index is 13.4. The number of hydrogen-bond acceptors (Lipinski definition) is 6. The van der Waals surface area contributed by atoms with Gasteiger partial charge in [-0.1, -0.05) is 36.4 Å². The van der Waals surface area contributed by atoms with E-state index in [2.05, 4.69) is 11.0 Å². The van der Waals surface area contributed by atoms with Crippen LogP contribution in [-0.2, 0) is 21.4 Å². The highest BCUT2D eigenvalue weighted by molar-refractivity contribution is 5.92. The van der Waals surface area contributed by atoms with Crippen molar-refractivity contribution in [2.75, 3.05) is 20.1 Å². The number of amides is 1. The van der Waals surface area contributed by atoms with Crippen LogP contribution in [0.3, 0.4) is 0 Å². The van der Waals surface area contributed by atoms with Crippen LogP contribution >= 0.6 is 0 Å². The summed E-state index contributed by atoms with van der Waals surface area (Å²) in [5, 5.41) is 12.7. The smallest absolute Gasteiger partial charge is 0.308 e. The molecule has 1 saturated heterocycles. The molecular formula is C32H36N2O5. The molecule has 0 radical (unpaired) electrons. The molecule has 204 valence electrons. The number of rotatable bonds is 6. The summed E-state index contributed by atoms with van der Waals surface area (Å²) < 4.78 is 12.4. The third kappa shape index (κ3) is 3.70. The summed E-state index contributed by atoms with van der Waals surface area (Å²) in [6.45, 7) is 3.32. The zero-order valence-electron chi connectivity index (χ0n) is 22.6. The van der Waals surface area contributed by atoms with E-state index in [1.807, 2.05) is 49.5 Å². The van der Waals surface area contributed by atoms with Crippen molar-refractivity contribution in [1.29, 1.82) is 0 Å². The van der Waals surface area contributed by atoms with E-state index in [9.17, 15) is 14.7 Å². The Morgan fingerprint density at radius 3 is 2.69 bits per heavy atom. The lowest BCUT2D eigenvalue weighted by atomic mass is 9.48. The molecule has 1 amide bonds. The fraction of sp³-hybridized carbons (Fsp3) is 0.500. The number of piperidine rings is 1. The third-order valence-corrected chi connectivity index (χ3v) is 10.0. The molecule has 2 heterocycles. The molecule has 5 aliphatic rings. The van der Waals surface area contributed by atoms with Crippen molar-refractivity contribution in [2.24, 2.45) is 5.92 Å². The number of aliphatic hydroxyl groups is 1. The first kappa shape index (κ1) is 24.9. The largest absolute Gasteiger partial charge is 0.483 e. The molecule has 7 rings (SSSR count). The fourth-order valence-corrected chi connectivity index (χ4v) is 8.09. The molecule has 1 spiro atoms. The summed E-state index contributed by atoms with van der Waals surface area (Å²) in [5.41, 5.74) is 1.50. The minimum absolute atomic E-state index is 0.0101. The van der Waals surface area contributed by atoms with Gasteiger partial charge in [0.25, 0.3) is 0 Å². The average molecular weight is 529 g/mol. The van der Waals surface area contributed by atoms with Crippen LogP contribution in [0.4, 0.5) is 0 Å². The van der Waals surface area contributed by atoms with Gasteiger partial charge in [-0.3, -0.25) is 14.5 Å². The van der Waals surface area contributed by atoms with Crippen LogP contribution in [0.2, 0.25) is 0 Å². The van der Waals surface area contributed by atoms with Crippen molar-refractivity contribution in [3.8, 4) is 11.5 Å². The van der Waals surface area contributed by atoms with Crippen molar-refractivity contribution in [2.45, 2.75) is 74.7 Å². The van der Waals surface area contributed by atoms with E-state index in [-0.39, 0.29) is 18.0 Å². The second kappa shape index (κ2) is 8.93. The number of likely N-dealkylation sites (tertiary alicyclic amines) is 1. The van der Waals surface area contributed by atoms with E-state index in [0.29, 0.717) is 24.3 Å². The minimum Gasteiger partial charge on any atom is -0.483 e. The maximum Gasteiger partial charge on any atom is 0.308 e. The van der Waals surface area contributed by atoms with Gasteiger partial charge >= 0.3 is 5.97 Å². The standard InChI is InChI=1S/C32H36N2O5/c1-20(35)38-25-12-11-23-18-26-32(37)15-14-24(33(2)27(36)13-10-21-6-4-3-5-7-21)30-31(32,28(23)29(25)39-30)16-17-34(26)19-22-8-9-22/h3-7,10-13,22,24,26,30,37H,8-9,14-19H2,1-2H3/t24-,26+,30-,31-,32+/m0/s1. The van der Waals surface area contributed by atoms with E-state index < -0.39 is 23.1 Å². The van der Waals surface area contributed by atoms with E-state index in [1.165, 1.54) is 19.8 Å². The molecule has 2 aromatic carbocycles. The molecule has 2 saturated carbocycles. The number of carbonyl (C=O) groups excluding carboxylic acids is 2. The minimum atomic E-state index is -0.974. The average Bonchev–Trinajstić information content (AvgIpc) is 3.67. The fourth-order valence-electron chi connectivity index (χ4n) is 8.09. The van der Waals surface area contributed by atoms with Crippen molar-refractivity contribution >= 4 is 18.0 Å². The van der Waals surface area contributed by atoms with Gasteiger partial charge in [0.1, 0.15) is 6.10 Å². The third-order valence-electron chi connectivity index (χ3n) is 10.0. The predicted octanol–water partition coefficient (Wildman–Crippen LogP) is 3.72. The molecule has 5 atom stereocenters. The van der Waals surface area contributed by atoms with E-state index in [1.54, 1.807) is 11.0 Å². The Morgan fingerprint density at radius 1 is 1.15 bits per heavy atom. The summed E-state index contributed by atoms with van der Waals surface area (Å²) in [4.78, 5) is 29.7. The molecule has 2 aromatic rings. The summed E-state index contributed by atoms with van der Waals surface area (Å²) in [5.74, 6) is 1.22. The van der Waals surface area contributed by atoms with Gasteiger partial charge in [-0.15, -0.1) is 0 Å². The van der Waals surface area contributed by atoms with Gasteiger partial charge in [-0.25, -0.2) is 0 Å². The van der Waals surface area contributed by atoms with E-state index in [4.69, 9.17) is 9.47 Å². The van der Waals surface area contributed by atoms with Crippen molar-refractivity contribution in [3.63, 3.8) is 0 Å². The quantitative estimate of drug-likeness (QED) is 0.350. The topological polar surface area (TPSA) is 79.3 Å². The monoisotopic (exact) mass is 528 g/mol. The Bertz CT molecular complexity index is 1350. The van der Waals surface area contributed by atoms with Gasteiger partial charge in [0, 0.05) is 38.2 Å². The van der Waals surface area contributed by atoms with E-state index in [0.717, 1.165) is 48.5 Å². The Morgan fingerprint density at radius 2 is 1.95 bits per heavy atom. The van der Waals surface area contributed by atoms with Crippen LogP contribution in [0.25, 0.3) is 6.08 Å². The van der Waals surface area contributed by atoms with Crippen LogP contribution in [0, 0.1) is 5.92 Å². The lowest BCUT2D eigenvalue weighted by molar-refractivity contribution is -0.200. The Hall–Kier alpha value is -3.16. The first-order chi connectivity index (χ1) is 18.8. The summed E-state index contributed by atoms with van der Waals surface area (Å²) in [6, 6.07) is 13.5. The van der Waals surface area contributed by atoms with Gasteiger partial charge in [-0.2, -0.15) is 0 Å². The predicted molar refractivity (Wildman–Crippen MR) is 146 cm³/mol. The molecular weight excluding hydrogens is 492 g/mol. The molecule has 3 aliphatic carbocycles. The molecule has 3 fully saturated rings. The highest BCUT2D eigenvalue weighted by Gasteiger charge is 2.73. The van der Waals surface area contributed by atoms with Crippen molar-refractivity contribution in [1.82, 2.24) is 9.80 Å². The highest BCUT2D eigenvalue weighted by Crippen LogP contribution is 2.66. The SMILES string of the molecule is CC(=O)Oc1ccc2c3c1O[C@H]1[C@@H](N(C)C(=O)C=Cc4ccccc4)CC[C@@]4(O)[C@@H](C2)N(CC2CC2)CC[C@]314. The number of likely N-dealkylation sites (N-methyl/N-ethyl adjacent to an activating group) is 1. The lowest BCUT2D eigenvalue weighted by Crippen LogP contribution is -2.78. The number of nitrogens with zero attached hydrogens (tertiary/aromatic N) is 2. The molecule has 7 heteroatoms.